The van der Waals surface area contributed by atoms with Gasteiger partial charge in [0, 0.05) is 50.9 Å². The van der Waals surface area contributed by atoms with Crippen molar-refractivity contribution < 1.29 is 4.92 Å². The number of hydrogen-bond donors (Lipinski definition) is 0. The molecule has 0 radical (unpaired) electrons. The summed E-state index contributed by atoms with van der Waals surface area (Å²) in [5, 5.41) is 27.7. The quantitative estimate of drug-likeness (QED) is 0.143. The second kappa shape index (κ2) is 9.81. The van der Waals surface area contributed by atoms with E-state index in [1.165, 1.54) is 22.9 Å². The molecule has 0 saturated carbocycles. The molecule has 2 aromatic carbocycles. The number of hydrogen-bond acceptors (Lipinski definition) is 7. The molecule has 36 heavy (non-hydrogen) atoms. The summed E-state index contributed by atoms with van der Waals surface area (Å²) >= 11 is 12.6. The fraction of sp³-hybridized carbons (Fsp3) is 0.167. The lowest BCUT2D eigenvalue weighted by atomic mass is 10.1. The molecule has 10 nitrogen and oxygen atoms in total. The van der Waals surface area contributed by atoms with Gasteiger partial charge in [0.1, 0.15) is 28.7 Å². The van der Waals surface area contributed by atoms with Crippen molar-refractivity contribution in [3.8, 4) is 23.0 Å². The SMILES string of the molecule is CN(C)/C=N/c1nc(-c2ccc(Cl)cc2)c2nn(-c3cc([N+](=O)[O-])ccc3Cl)c(N(C)C)c2c1C#N. The number of anilines is 1. The van der Waals surface area contributed by atoms with E-state index < -0.39 is 4.92 Å². The van der Waals surface area contributed by atoms with Gasteiger partial charge in [-0.3, -0.25) is 10.1 Å². The highest BCUT2D eigenvalue weighted by atomic mass is 35.5. The molecule has 0 unspecified atom stereocenters. The van der Waals surface area contributed by atoms with Crippen LogP contribution in [0.5, 0.6) is 0 Å². The Balaban J connectivity index is 2.18. The smallest absolute Gasteiger partial charge is 0.271 e. The Bertz CT molecular complexity index is 1550. The third-order valence-corrected chi connectivity index (χ3v) is 5.78. The third kappa shape index (κ3) is 4.54. The molecule has 2 heterocycles. The van der Waals surface area contributed by atoms with Gasteiger partial charge in [-0.25, -0.2) is 14.7 Å². The van der Waals surface area contributed by atoms with Crippen LogP contribution in [0.3, 0.4) is 0 Å². The van der Waals surface area contributed by atoms with Crippen LogP contribution in [-0.4, -0.2) is 59.1 Å². The van der Waals surface area contributed by atoms with Gasteiger partial charge in [0.05, 0.1) is 27.4 Å². The van der Waals surface area contributed by atoms with Crippen molar-refractivity contribution in [3.05, 3.63) is 68.2 Å². The van der Waals surface area contributed by atoms with Crippen molar-refractivity contribution in [1.29, 1.82) is 5.26 Å². The molecule has 0 N–H and O–H groups in total. The zero-order valence-electron chi connectivity index (χ0n) is 19.8. The van der Waals surface area contributed by atoms with Crippen LogP contribution in [0.15, 0.2) is 47.5 Å². The standard InChI is InChI=1S/C24H20Cl2N8O2/c1-31(2)13-28-23-17(12-27)20-22(21(29-23)14-5-7-15(25)8-6-14)30-33(24(20)32(3)4)19-11-16(34(35)36)9-10-18(19)26/h5-11,13H,1-4H3/b28-13+. The minimum absolute atomic E-state index is 0.147. The van der Waals surface area contributed by atoms with Gasteiger partial charge in [0.2, 0.25) is 0 Å². The number of non-ortho nitro benzene ring substituents is 1. The maximum Gasteiger partial charge on any atom is 0.271 e. The second-order valence-corrected chi connectivity index (χ2v) is 9.08. The van der Waals surface area contributed by atoms with Crippen molar-refractivity contribution in [2.45, 2.75) is 0 Å². The number of rotatable bonds is 6. The first-order chi connectivity index (χ1) is 17.1. The van der Waals surface area contributed by atoms with Crippen LogP contribution in [0.2, 0.25) is 10.0 Å². The highest BCUT2D eigenvalue weighted by molar-refractivity contribution is 6.32. The van der Waals surface area contributed by atoms with Crippen molar-refractivity contribution in [2.75, 3.05) is 33.1 Å². The Kier molecular flexibility index (Phi) is 6.79. The topological polar surface area (TPSA) is 116 Å². The maximum atomic E-state index is 11.5. The predicted octanol–water partition coefficient (Wildman–Crippen LogP) is 5.46. The molecule has 4 aromatic rings. The van der Waals surface area contributed by atoms with E-state index in [0.717, 1.165) is 0 Å². The van der Waals surface area contributed by atoms with Crippen molar-refractivity contribution in [3.63, 3.8) is 0 Å². The molecule has 4 rings (SSSR count). The summed E-state index contributed by atoms with van der Waals surface area (Å²) in [5.41, 5.74) is 1.92. The average Bonchev–Trinajstić information content (AvgIpc) is 3.23. The van der Waals surface area contributed by atoms with Crippen LogP contribution in [0, 0.1) is 21.4 Å². The summed E-state index contributed by atoms with van der Waals surface area (Å²) in [7, 11) is 7.18. The fourth-order valence-electron chi connectivity index (χ4n) is 3.67. The molecule has 182 valence electrons. The average molecular weight is 523 g/mol. The van der Waals surface area contributed by atoms with Gasteiger partial charge in [0.25, 0.3) is 5.69 Å². The summed E-state index contributed by atoms with van der Waals surface area (Å²) < 4.78 is 1.49. The van der Waals surface area contributed by atoms with Gasteiger partial charge in [-0.1, -0.05) is 35.3 Å². The number of benzene rings is 2. The molecule has 2 aromatic heterocycles. The lowest BCUT2D eigenvalue weighted by Gasteiger charge is -2.17. The van der Waals surface area contributed by atoms with E-state index in [4.69, 9.17) is 33.3 Å². The van der Waals surface area contributed by atoms with E-state index in [1.54, 1.807) is 54.5 Å². The molecule has 0 atom stereocenters. The number of aliphatic imine (C=N–C) groups is 1. The molecule has 0 aliphatic carbocycles. The monoisotopic (exact) mass is 522 g/mol. The van der Waals surface area contributed by atoms with Crippen LogP contribution < -0.4 is 4.90 Å². The summed E-state index contributed by atoms with van der Waals surface area (Å²) in [5.74, 6) is 0.694. The number of pyridine rings is 1. The first kappa shape index (κ1) is 24.9. The van der Waals surface area contributed by atoms with Gasteiger partial charge in [-0.2, -0.15) is 10.4 Å². The highest BCUT2D eigenvalue weighted by Gasteiger charge is 2.26. The van der Waals surface area contributed by atoms with Gasteiger partial charge in [0.15, 0.2) is 5.82 Å². The Morgan fingerprint density at radius 2 is 1.83 bits per heavy atom. The molecule has 0 amide bonds. The largest absolute Gasteiger partial charge is 0.369 e. The molecular weight excluding hydrogens is 503 g/mol. The zero-order chi connectivity index (χ0) is 26.1. The molecule has 0 spiro atoms. The Morgan fingerprint density at radius 3 is 2.42 bits per heavy atom. The number of halogens is 2. The van der Waals surface area contributed by atoms with Gasteiger partial charge >= 0.3 is 0 Å². The predicted molar refractivity (Wildman–Crippen MR) is 142 cm³/mol. The van der Waals surface area contributed by atoms with Crippen LogP contribution >= 0.6 is 23.2 Å². The normalized spacial score (nSPS) is 11.1. The Hall–Kier alpha value is -4.20. The number of nitro groups is 1. The van der Waals surface area contributed by atoms with Gasteiger partial charge < -0.3 is 9.80 Å². The number of aromatic nitrogens is 3. The number of fused-ring (bicyclic) bond motifs is 1. The van der Waals surface area contributed by atoms with Crippen LogP contribution in [-0.2, 0) is 0 Å². The number of nitro benzene ring substituents is 1. The maximum absolute atomic E-state index is 11.5. The molecule has 0 aliphatic heterocycles. The van der Waals surface area contributed by atoms with Crippen molar-refractivity contribution in [2.24, 2.45) is 4.99 Å². The van der Waals surface area contributed by atoms with Crippen molar-refractivity contribution in [1.82, 2.24) is 19.7 Å². The Morgan fingerprint density at radius 1 is 1.14 bits per heavy atom. The van der Waals surface area contributed by atoms with E-state index in [0.29, 0.717) is 33.0 Å². The minimum Gasteiger partial charge on any atom is -0.369 e. The van der Waals surface area contributed by atoms with E-state index in [2.05, 4.69) is 11.1 Å². The summed E-state index contributed by atoms with van der Waals surface area (Å²) in [6, 6.07) is 13.4. The first-order valence-corrected chi connectivity index (χ1v) is 11.3. The van der Waals surface area contributed by atoms with Gasteiger partial charge in [-0.15, -0.1) is 0 Å². The third-order valence-electron chi connectivity index (χ3n) is 5.21. The highest BCUT2D eigenvalue weighted by Crippen LogP contribution is 2.41. The fourth-order valence-corrected chi connectivity index (χ4v) is 3.99. The first-order valence-electron chi connectivity index (χ1n) is 10.6. The minimum atomic E-state index is -0.506. The number of nitrogens with zero attached hydrogens (tertiary/aromatic N) is 8. The summed E-state index contributed by atoms with van der Waals surface area (Å²) in [6.07, 6.45) is 1.55. The van der Waals surface area contributed by atoms with Crippen LogP contribution in [0.4, 0.5) is 17.3 Å². The van der Waals surface area contributed by atoms with E-state index >= 15 is 0 Å². The van der Waals surface area contributed by atoms with Gasteiger partial charge in [-0.05, 0) is 18.2 Å². The molecule has 0 bridgehead atoms. The van der Waals surface area contributed by atoms with Crippen molar-refractivity contribution >= 4 is 57.8 Å². The van der Waals surface area contributed by atoms with E-state index in [-0.39, 0.29) is 27.8 Å². The molecule has 12 heteroatoms. The molecule has 0 saturated heterocycles. The zero-order valence-corrected chi connectivity index (χ0v) is 21.3. The Labute approximate surface area is 216 Å². The van der Waals surface area contributed by atoms with E-state index in [9.17, 15) is 15.4 Å². The number of nitriles is 1. The summed E-state index contributed by atoms with van der Waals surface area (Å²) in [6.45, 7) is 0. The molecule has 0 aliphatic rings. The molecule has 0 fully saturated rings. The lowest BCUT2D eigenvalue weighted by Crippen LogP contribution is -2.15. The second-order valence-electron chi connectivity index (χ2n) is 8.23. The lowest BCUT2D eigenvalue weighted by molar-refractivity contribution is -0.384. The van der Waals surface area contributed by atoms with E-state index in [1.807, 2.05) is 14.1 Å². The van der Waals surface area contributed by atoms with Crippen LogP contribution in [0.1, 0.15) is 5.56 Å². The van der Waals surface area contributed by atoms with Crippen LogP contribution in [0.25, 0.3) is 27.8 Å². The summed E-state index contributed by atoms with van der Waals surface area (Å²) in [4.78, 5) is 23.6. The molecular formula is C24H20Cl2N8O2.